The van der Waals surface area contributed by atoms with E-state index in [-0.39, 0.29) is 5.41 Å². The fourth-order valence-corrected chi connectivity index (χ4v) is 5.38. The molecule has 1 unspecified atom stereocenters. The summed E-state index contributed by atoms with van der Waals surface area (Å²) in [6.45, 7) is 4.39. The molecule has 2 aromatic rings. The zero-order chi connectivity index (χ0) is 18.4. The molecule has 2 atom stereocenters. The lowest BCUT2D eigenvalue weighted by molar-refractivity contribution is 0.434. The Morgan fingerprint density at radius 1 is 0.926 bits per heavy atom. The predicted octanol–water partition coefficient (Wildman–Crippen LogP) is 6.92. The normalized spacial score (nSPS) is 26.0. The van der Waals surface area contributed by atoms with E-state index in [1.165, 1.54) is 33.4 Å². The summed E-state index contributed by atoms with van der Waals surface area (Å²) < 4.78 is 0. The Labute approximate surface area is 162 Å². The monoisotopic (exact) mass is 350 g/mol. The maximum atomic E-state index is 2.47. The summed E-state index contributed by atoms with van der Waals surface area (Å²) in [6, 6.07) is 18.4. The number of hydrogen-bond donors (Lipinski definition) is 0. The van der Waals surface area contributed by atoms with Gasteiger partial charge in [0.2, 0.25) is 0 Å². The maximum absolute atomic E-state index is 2.47. The van der Waals surface area contributed by atoms with E-state index >= 15 is 0 Å². The fraction of sp³-hybridized carbons (Fsp3) is 0.259. The van der Waals surface area contributed by atoms with Crippen molar-refractivity contribution in [2.75, 3.05) is 0 Å². The first-order chi connectivity index (χ1) is 13.2. The van der Waals surface area contributed by atoms with Crippen LogP contribution in [0.5, 0.6) is 0 Å². The zero-order valence-corrected chi connectivity index (χ0v) is 16.2. The third kappa shape index (κ3) is 2.36. The van der Waals surface area contributed by atoms with Gasteiger partial charge in [0, 0.05) is 5.41 Å². The summed E-state index contributed by atoms with van der Waals surface area (Å²) in [5, 5.41) is 0. The van der Waals surface area contributed by atoms with Gasteiger partial charge in [-0.1, -0.05) is 90.0 Å². The molecule has 3 aliphatic rings. The van der Waals surface area contributed by atoms with Gasteiger partial charge in [-0.3, -0.25) is 0 Å². The topological polar surface area (TPSA) is 0 Å². The van der Waals surface area contributed by atoms with Crippen molar-refractivity contribution in [1.29, 1.82) is 0 Å². The molecule has 134 valence electrons. The molecule has 0 bridgehead atoms. The predicted molar refractivity (Wildman–Crippen MR) is 115 cm³/mol. The molecule has 0 heteroatoms. The van der Waals surface area contributed by atoms with Gasteiger partial charge in [-0.25, -0.2) is 0 Å². The Hall–Kier alpha value is -2.60. The molecule has 0 aromatic heterocycles. The molecule has 5 rings (SSSR count). The number of allylic oxidation sites excluding steroid dienone is 8. The summed E-state index contributed by atoms with van der Waals surface area (Å²) in [5.74, 6) is 0.462. The second-order valence-electron chi connectivity index (χ2n) is 8.20. The molecule has 0 N–H and O–H groups in total. The summed E-state index contributed by atoms with van der Waals surface area (Å²) in [4.78, 5) is 0. The van der Waals surface area contributed by atoms with Crippen LogP contribution in [0.2, 0.25) is 0 Å². The highest BCUT2D eigenvalue weighted by atomic mass is 14.5. The van der Waals surface area contributed by atoms with Crippen LogP contribution in [0.25, 0.3) is 5.57 Å². The largest absolute Gasteiger partial charge is 0.0836 e. The molecule has 27 heavy (non-hydrogen) atoms. The van der Waals surface area contributed by atoms with Crippen LogP contribution < -0.4 is 0 Å². The van der Waals surface area contributed by atoms with Crippen molar-refractivity contribution in [3.63, 3.8) is 0 Å². The third-order valence-corrected chi connectivity index (χ3v) is 6.64. The summed E-state index contributed by atoms with van der Waals surface area (Å²) >= 11 is 0. The van der Waals surface area contributed by atoms with Crippen LogP contribution >= 0.6 is 0 Å². The van der Waals surface area contributed by atoms with Crippen LogP contribution in [0, 0.1) is 12.8 Å². The van der Waals surface area contributed by atoms with E-state index in [0.717, 1.165) is 19.3 Å². The maximum Gasteiger partial charge on any atom is 0.0491 e. The fourth-order valence-electron chi connectivity index (χ4n) is 5.38. The lowest BCUT2D eigenvalue weighted by Crippen LogP contribution is -2.37. The number of aryl methyl sites for hydroxylation is 1. The molecule has 0 saturated carbocycles. The van der Waals surface area contributed by atoms with Crippen LogP contribution in [0.15, 0.2) is 90.1 Å². The van der Waals surface area contributed by atoms with Gasteiger partial charge in [-0.15, -0.1) is 0 Å². The van der Waals surface area contributed by atoms with E-state index in [1.807, 2.05) is 0 Å². The third-order valence-electron chi connectivity index (χ3n) is 6.64. The van der Waals surface area contributed by atoms with Gasteiger partial charge in [0.05, 0.1) is 0 Å². The van der Waals surface area contributed by atoms with Gasteiger partial charge >= 0.3 is 0 Å². The van der Waals surface area contributed by atoms with Gasteiger partial charge in [-0.2, -0.15) is 0 Å². The number of rotatable bonds is 2. The smallest absolute Gasteiger partial charge is 0.0491 e. The highest BCUT2D eigenvalue weighted by molar-refractivity contribution is 5.89. The van der Waals surface area contributed by atoms with Crippen LogP contribution in [-0.2, 0) is 5.41 Å². The molecule has 0 radical (unpaired) electrons. The second-order valence-corrected chi connectivity index (χ2v) is 8.20. The minimum absolute atomic E-state index is 0.0436. The van der Waals surface area contributed by atoms with Crippen LogP contribution in [0.4, 0.5) is 0 Å². The Kier molecular flexibility index (Phi) is 3.82. The lowest BCUT2D eigenvalue weighted by atomic mass is 9.60. The average molecular weight is 351 g/mol. The van der Waals surface area contributed by atoms with Gasteiger partial charge < -0.3 is 0 Å². The van der Waals surface area contributed by atoms with E-state index in [9.17, 15) is 0 Å². The van der Waals surface area contributed by atoms with Crippen molar-refractivity contribution in [2.45, 2.75) is 38.5 Å². The van der Waals surface area contributed by atoms with Crippen molar-refractivity contribution in [1.82, 2.24) is 0 Å². The van der Waals surface area contributed by atoms with Crippen molar-refractivity contribution < 1.29 is 0 Å². The summed E-state index contributed by atoms with van der Waals surface area (Å²) in [5.41, 5.74) is 10.1. The zero-order valence-electron chi connectivity index (χ0n) is 16.2. The molecular formula is C27H26. The molecule has 0 nitrogen and oxygen atoms in total. The summed E-state index contributed by atoms with van der Waals surface area (Å²) in [6.07, 6.45) is 15.3. The van der Waals surface area contributed by atoms with Crippen LogP contribution in [-0.4, -0.2) is 0 Å². The number of hydrogen-bond acceptors (Lipinski definition) is 0. The minimum atomic E-state index is -0.0436. The molecule has 0 spiro atoms. The average Bonchev–Trinajstić information content (AvgIpc) is 3.01. The van der Waals surface area contributed by atoms with Crippen LogP contribution in [0.1, 0.15) is 48.4 Å². The van der Waals surface area contributed by atoms with E-state index in [1.54, 1.807) is 5.57 Å². The van der Waals surface area contributed by atoms with Crippen molar-refractivity contribution in [3.8, 4) is 0 Å². The molecule has 2 aromatic carbocycles. The van der Waals surface area contributed by atoms with Gasteiger partial charge in [0.25, 0.3) is 0 Å². The Bertz CT molecular complexity index is 1010. The van der Waals surface area contributed by atoms with Gasteiger partial charge in [-0.05, 0) is 66.9 Å². The molecule has 0 fully saturated rings. The second kappa shape index (κ2) is 6.23. The molecule has 3 aliphatic carbocycles. The van der Waals surface area contributed by atoms with Gasteiger partial charge in [0.15, 0.2) is 0 Å². The van der Waals surface area contributed by atoms with E-state index < -0.39 is 0 Å². The van der Waals surface area contributed by atoms with E-state index in [4.69, 9.17) is 0 Å². The first kappa shape index (κ1) is 16.6. The minimum Gasteiger partial charge on any atom is -0.0836 e. The molecular weight excluding hydrogens is 324 g/mol. The number of benzene rings is 2. The van der Waals surface area contributed by atoms with Crippen molar-refractivity contribution in [3.05, 3.63) is 112 Å². The van der Waals surface area contributed by atoms with Crippen molar-refractivity contribution >= 4 is 5.57 Å². The molecule has 0 aliphatic heterocycles. The lowest BCUT2D eigenvalue weighted by Gasteiger charge is -2.42. The van der Waals surface area contributed by atoms with E-state index in [2.05, 4.69) is 92.8 Å². The highest BCUT2D eigenvalue weighted by Gasteiger charge is 2.50. The number of fused-ring (bicyclic) bond motifs is 2. The molecule has 0 amide bonds. The van der Waals surface area contributed by atoms with Crippen LogP contribution in [0.3, 0.4) is 0 Å². The van der Waals surface area contributed by atoms with Gasteiger partial charge in [0.1, 0.15) is 0 Å². The Morgan fingerprint density at radius 3 is 2.52 bits per heavy atom. The van der Waals surface area contributed by atoms with E-state index in [0.29, 0.717) is 5.92 Å². The highest BCUT2D eigenvalue weighted by Crippen LogP contribution is 2.58. The first-order valence-electron chi connectivity index (χ1n) is 10.1. The first-order valence-corrected chi connectivity index (χ1v) is 10.1. The standard InChI is InChI=1S/C27H26/c1-19-11-15-21(16-12-19)27(22-17-13-20(2)14-18-22)25-9-5-3-7-23(25)24-8-4-6-10-26(24)27/h3-5,7-9,11-17,22H,6,10,18H2,1-2H3/t22?,27-/m0/s1. The molecule has 0 heterocycles. The van der Waals surface area contributed by atoms with Crippen molar-refractivity contribution in [2.24, 2.45) is 5.92 Å². The Balaban J connectivity index is 1.83. The Morgan fingerprint density at radius 2 is 1.74 bits per heavy atom. The SMILES string of the molecule is CC1=CCC([C@]2(c3ccc(C)cc3)C3=C(C=CCC3)c3ccccc32)C=C1. The molecule has 0 saturated heterocycles. The summed E-state index contributed by atoms with van der Waals surface area (Å²) in [7, 11) is 0. The quantitative estimate of drug-likeness (QED) is 0.551.